The van der Waals surface area contributed by atoms with Gasteiger partial charge in [-0.05, 0) is 39.3 Å². The van der Waals surface area contributed by atoms with Crippen LogP contribution in [0.15, 0.2) is 10.5 Å². The highest BCUT2D eigenvalue weighted by Gasteiger charge is 2.23. The minimum Gasteiger partial charge on any atom is -0.463 e. The standard InChI is InChI=1S/C17H30N2OS/c1-12-7-15(20-16(12)8-18-17(4,5)6)11-19-9-13(2)21-14(3)10-19/h7,13-14,18H,8-11H2,1-6H3. The summed E-state index contributed by atoms with van der Waals surface area (Å²) in [6.45, 7) is 17.4. The first-order valence-corrected chi connectivity index (χ1v) is 8.88. The summed E-state index contributed by atoms with van der Waals surface area (Å²) in [5.74, 6) is 2.18. The minimum atomic E-state index is 0.119. The number of aryl methyl sites for hydroxylation is 1. The van der Waals surface area contributed by atoms with Crippen LogP contribution in [0, 0.1) is 6.92 Å². The molecule has 0 aliphatic carbocycles. The fourth-order valence-corrected chi connectivity index (χ4v) is 4.21. The molecule has 2 heterocycles. The second-order valence-corrected chi connectivity index (χ2v) is 9.26. The van der Waals surface area contributed by atoms with E-state index in [1.165, 1.54) is 5.56 Å². The zero-order chi connectivity index (χ0) is 15.6. The van der Waals surface area contributed by atoms with Crippen molar-refractivity contribution in [1.82, 2.24) is 10.2 Å². The number of furan rings is 1. The Hall–Kier alpha value is -0.450. The van der Waals surface area contributed by atoms with E-state index in [1.54, 1.807) is 0 Å². The van der Waals surface area contributed by atoms with E-state index in [0.717, 1.165) is 37.7 Å². The summed E-state index contributed by atoms with van der Waals surface area (Å²) in [6, 6.07) is 2.21. The summed E-state index contributed by atoms with van der Waals surface area (Å²) < 4.78 is 6.07. The van der Waals surface area contributed by atoms with E-state index in [9.17, 15) is 0 Å². The molecule has 1 saturated heterocycles. The molecule has 0 saturated carbocycles. The molecule has 1 N–H and O–H groups in total. The van der Waals surface area contributed by atoms with E-state index in [-0.39, 0.29) is 5.54 Å². The predicted octanol–water partition coefficient (Wildman–Crippen LogP) is 3.80. The SMILES string of the molecule is Cc1cc(CN2CC(C)SC(C)C2)oc1CNC(C)(C)C. The Balaban J connectivity index is 1.95. The maximum atomic E-state index is 6.07. The Morgan fingerprint density at radius 2 is 1.90 bits per heavy atom. The molecule has 1 aliphatic rings. The second-order valence-electron chi connectivity index (χ2n) is 7.37. The third-order valence-electron chi connectivity index (χ3n) is 3.73. The molecule has 1 fully saturated rings. The van der Waals surface area contributed by atoms with Gasteiger partial charge >= 0.3 is 0 Å². The maximum absolute atomic E-state index is 6.07. The van der Waals surface area contributed by atoms with Crippen LogP contribution in [-0.2, 0) is 13.1 Å². The van der Waals surface area contributed by atoms with Crippen LogP contribution in [0.3, 0.4) is 0 Å². The van der Waals surface area contributed by atoms with Gasteiger partial charge in [0.25, 0.3) is 0 Å². The summed E-state index contributed by atoms with van der Waals surface area (Å²) >= 11 is 2.09. The van der Waals surface area contributed by atoms with Crippen molar-refractivity contribution in [3.63, 3.8) is 0 Å². The third kappa shape index (κ3) is 5.35. The zero-order valence-electron chi connectivity index (χ0n) is 14.3. The molecular formula is C17H30N2OS. The minimum absolute atomic E-state index is 0.119. The van der Waals surface area contributed by atoms with Gasteiger partial charge in [0.15, 0.2) is 0 Å². The van der Waals surface area contributed by atoms with Crippen molar-refractivity contribution < 1.29 is 4.42 Å². The molecule has 0 amide bonds. The van der Waals surface area contributed by atoms with Crippen molar-refractivity contribution in [2.24, 2.45) is 0 Å². The van der Waals surface area contributed by atoms with Crippen molar-refractivity contribution in [1.29, 1.82) is 0 Å². The lowest BCUT2D eigenvalue weighted by Gasteiger charge is -2.33. The summed E-state index contributed by atoms with van der Waals surface area (Å²) in [7, 11) is 0. The van der Waals surface area contributed by atoms with E-state index in [1.807, 2.05) is 0 Å². The van der Waals surface area contributed by atoms with Gasteiger partial charge in [0.2, 0.25) is 0 Å². The molecule has 1 aliphatic heterocycles. The van der Waals surface area contributed by atoms with E-state index in [2.05, 4.69) is 69.6 Å². The average molecular weight is 311 g/mol. The Labute approximate surface area is 133 Å². The largest absolute Gasteiger partial charge is 0.463 e. The zero-order valence-corrected chi connectivity index (χ0v) is 15.1. The second kappa shape index (κ2) is 6.76. The Morgan fingerprint density at radius 3 is 2.48 bits per heavy atom. The number of rotatable bonds is 4. The molecule has 1 aromatic rings. The topological polar surface area (TPSA) is 28.4 Å². The smallest absolute Gasteiger partial charge is 0.120 e. The van der Waals surface area contributed by atoms with Crippen molar-refractivity contribution in [2.75, 3.05) is 13.1 Å². The van der Waals surface area contributed by atoms with E-state index in [0.29, 0.717) is 10.5 Å². The van der Waals surface area contributed by atoms with Gasteiger partial charge in [0.1, 0.15) is 11.5 Å². The van der Waals surface area contributed by atoms with E-state index < -0.39 is 0 Å². The Bertz CT molecular complexity index is 454. The lowest BCUT2D eigenvalue weighted by Crippen LogP contribution is -2.39. The molecule has 0 radical (unpaired) electrons. The van der Waals surface area contributed by atoms with Crippen molar-refractivity contribution in [2.45, 2.75) is 70.7 Å². The number of hydrogen-bond acceptors (Lipinski definition) is 4. The van der Waals surface area contributed by atoms with Crippen LogP contribution in [0.25, 0.3) is 0 Å². The van der Waals surface area contributed by atoms with Gasteiger partial charge in [-0.1, -0.05) is 13.8 Å². The van der Waals surface area contributed by atoms with E-state index >= 15 is 0 Å². The molecule has 3 nitrogen and oxygen atoms in total. The van der Waals surface area contributed by atoms with Crippen molar-refractivity contribution in [3.05, 3.63) is 23.2 Å². The van der Waals surface area contributed by atoms with Gasteiger partial charge in [-0.25, -0.2) is 0 Å². The lowest BCUT2D eigenvalue weighted by atomic mass is 10.1. The molecular weight excluding hydrogens is 280 g/mol. The third-order valence-corrected chi connectivity index (χ3v) is 4.95. The highest BCUT2D eigenvalue weighted by molar-refractivity contribution is 8.00. The molecule has 2 atom stereocenters. The van der Waals surface area contributed by atoms with Gasteiger partial charge < -0.3 is 9.73 Å². The predicted molar refractivity (Wildman–Crippen MR) is 91.8 cm³/mol. The van der Waals surface area contributed by atoms with Crippen LogP contribution in [0.5, 0.6) is 0 Å². The van der Waals surface area contributed by atoms with Gasteiger partial charge in [0, 0.05) is 29.1 Å². The quantitative estimate of drug-likeness (QED) is 0.915. The normalized spacial score (nSPS) is 24.5. The molecule has 0 bridgehead atoms. The van der Waals surface area contributed by atoms with Gasteiger partial charge in [0.05, 0.1) is 13.1 Å². The summed E-state index contributed by atoms with van der Waals surface area (Å²) in [5, 5.41) is 4.93. The Morgan fingerprint density at radius 1 is 1.29 bits per heavy atom. The number of nitrogens with zero attached hydrogens (tertiary/aromatic N) is 1. The monoisotopic (exact) mass is 310 g/mol. The van der Waals surface area contributed by atoms with Crippen LogP contribution in [0.2, 0.25) is 0 Å². The van der Waals surface area contributed by atoms with Crippen LogP contribution in [0.4, 0.5) is 0 Å². The molecule has 2 unspecified atom stereocenters. The van der Waals surface area contributed by atoms with Gasteiger partial charge in [-0.2, -0.15) is 11.8 Å². The molecule has 120 valence electrons. The maximum Gasteiger partial charge on any atom is 0.120 e. The van der Waals surface area contributed by atoms with Crippen LogP contribution in [-0.4, -0.2) is 34.0 Å². The first-order valence-electron chi connectivity index (χ1n) is 7.94. The Kier molecular flexibility index (Phi) is 5.44. The van der Waals surface area contributed by atoms with Crippen LogP contribution < -0.4 is 5.32 Å². The molecule has 2 rings (SSSR count). The average Bonchev–Trinajstić information content (AvgIpc) is 2.64. The fraction of sp³-hybridized carbons (Fsp3) is 0.765. The molecule has 0 spiro atoms. The molecule has 4 heteroatoms. The molecule has 1 aromatic heterocycles. The summed E-state index contributed by atoms with van der Waals surface area (Å²) in [6.07, 6.45) is 0. The van der Waals surface area contributed by atoms with Crippen molar-refractivity contribution in [3.8, 4) is 0 Å². The van der Waals surface area contributed by atoms with Crippen molar-refractivity contribution >= 4 is 11.8 Å². The fourth-order valence-electron chi connectivity index (χ4n) is 2.82. The summed E-state index contributed by atoms with van der Waals surface area (Å²) in [4.78, 5) is 2.52. The lowest BCUT2D eigenvalue weighted by molar-refractivity contribution is 0.237. The van der Waals surface area contributed by atoms with Gasteiger partial charge in [-0.15, -0.1) is 0 Å². The summed E-state index contributed by atoms with van der Waals surface area (Å²) in [5.41, 5.74) is 1.38. The molecule has 21 heavy (non-hydrogen) atoms. The first-order chi connectivity index (χ1) is 9.73. The highest BCUT2D eigenvalue weighted by atomic mass is 32.2. The van der Waals surface area contributed by atoms with Gasteiger partial charge in [-0.3, -0.25) is 4.90 Å². The first kappa shape index (κ1) is 16.9. The van der Waals surface area contributed by atoms with Crippen LogP contribution in [0.1, 0.15) is 51.7 Å². The van der Waals surface area contributed by atoms with Crippen LogP contribution >= 0.6 is 11.8 Å². The van der Waals surface area contributed by atoms with E-state index in [4.69, 9.17) is 4.42 Å². The highest BCUT2D eigenvalue weighted by Crippen LogP contribution is 2.26. The number of hydrogen-bond donors (Lipinski definition) is 1. The number of thioether (sulfide) groups is 1. The number of nitrogens with one attached hydrogen (secondary N) is 1. The molecule has 0 aromatic carbocycles.